The monoisotopic (exact) mass is 357 g/mol. The van der Waals surface area contributed by atoms with Gasteiger partial charge in [0.1, 0.15) is 17.3 Å². The molecular formula is C19H27N5O2. The second kappa shape index (κ2) is 8.23. The van der Waals surface area contributed by atoms with Crippen molar-refractivity contribution in [2.45, 2.75) is 18.8 Å². The quantitative estimate of drug-likeness (QED) is 0.714. The van der Waals surface area contributed by atoms with Crippen molar-refractivity contribution in [1.82, 2.24) is 14.9 Å². The number of hydrogen-bond donors (Lipinski definition) is 2. The lowest BCUT2D eigenvalue weighted by molar-refractivity contribution is 0.395. The summed E-state index contributed by atoms with van der Waals surface area (Å²) in [5.74, 6) is 3.42. The second-order valence-electron chi connectivity index (χ2n) is 6.70. The highest BCUT2D eigenvalue weighted by atomic mass is 16.5. The normalized spacial score (nSPS) is 13.6. The predicted molar refractivity (Wildman–Crippen MR) is 104 cm³/mol. The predicted octanol–water partition coefficient (Wildman–Crippen LogP) is 3.09. The Morgan fingerprint density at radius 3 is 2.58 bits per heavy atom. The molecular weight excluding hydrogens is 330 g/mol. The molecule has 2 N–H and O–H groups in total. The number of anilines is 3. The Morgan fingerprint density at radius 2 is 1.92 bits per heavy atom. The summed E-state index contributed by atoms with van der Waals surface area (Å²) in [7, 11) is 7.38. The Bertz CT molecular complexity index is 747. The lowest BCUT2D eigenvalue weighted by Gasteiger charge is -2.15. The van der Waals surface area contributed by atoms with Gasteiger partial charge >= 0.3 is 0 Å². The number of rotatable bonds is 9. The summed E-state index contributed by atoms with van der Waals surface area (Å²) in [5.41, 5.74) is 1.93. The summed E-state index contributed by atoms with van der Waals surface area (Å²) in [6.07, 6.45) is 2.39. The van der Waals surface area contributed by atoms with Gasteiger partial charge in [-0.3, -0.25) is 0 Å². The van der Waals surface area contributed by atoms with Crippen molar-refractivity contribution in [1.29, 1.82) is 0 Å². The van der Waals surface area contributed by atoms with Crippen LogP contribution >= 0.6 is 0 Å². The minimum atomic E-state index is 0.547. The first-order valence-corrected chi connectivity index (χ1v) is 8.85. The number of aromatic nitrogens is 2. The summed E-state index contributed by atoms with van der Waals surface area (Å²) in [4.78, 5) is 11.4. The zero-order chi connectivity index (χ0) is 18.5. The van der Waals surface area contributed by atoms with Gasteiger partial charge in [-0.05, 0) is 39.1 Å². The minimum Gasteiger partial charge on any atom is -0.497 e. The average Bonchev–Trinajstić information content (AvgIpc) is 3.47. The van der Waals surface area contributed by atoms with E-state index in [2.05, 4.69) is 25.5 Å². The van der Waals surface area contributed by atoms with Gasteiger partial charge in [0, 0.05) is 31.1 Å². The number of ether oxygens (including phenoxy) is 2. The number of nitrogens with zero attached hydrogens (tertiary/aromatic N) is 3. The topological polar surface area (TPSA) is 71.5 Å². The molecule has 140 valence electrons. The van der Waals surface area contributed by atoms with Crippen LogP contribution in [0, 0.1) is 0 Å². The van der Waals surface area contributed by atoms with Gasteiger partial charge in [0.25, 0.3) is 0 Å². The Morgan fingerprint density at radius 1 is 1.12 bits per heavy atom. The van der Waals surface area contributed by atoms with E-state index in [0.717, 1.165) is 36.0 Å². The number of methoxy groups -OCH3 is 2. The van der Waals surface area contributed by atoms with Gasteiger partial charge in [-0.25, -0.2) is 4.98 Å². The maximum atomic E-state index is 5.46. The fourth-order valence-electron chi connectivity index (χ4n) is 2.63. The first-order valence-electron chi connectivity index (χ1n) is 8.85. The van der Waals surface area contributed by atoms with Crippen LogP contribution in [0.2, 0.25) is 0 Å². The zero-order valence-corrected chi connectivity index (χ0v) is 15.9. The van der Waals surface area contributed by atoms with Crippen LogP contribution in [0.25, 0.3) is 0 Å². The molecule has 0 spiro atoms. The van der Waals surface area contributed by atoms with Crippen molar-refractivity contribution in [2.24, 2.45) is 0 Å². The molecule has 1 fully saturated rings. The maximum Gasteiger partial charge on any atom is 0.224 e. The average molecular weight is 357 g/mol. The van der Waals surface area contributed by atoms with Crippen molar-refractivity contribution >= 4 is 17.5 Å². The van der Waals surface area contributed by atoms with Crippen LogP contribution in [-0.4, -0.2) is 56.3 Å². The molecule has 0 amide bonds. The zero-order valence-electron chi connectivity index (χ0n) is 15.9. The van der Waals surface area contributed by atoms with Crippen LogP contribution in [0.5, 0.6) is 11.5 Å². The van der Waals surface area contributed by atoms with E-state index < -0.39 is 0 Å². The van der Waals surface area contributed by atoms with Crippen molar-refractivity contribution in [3.8, 4) is 11.5 Å². The molecule has 1 aliphatic rings. The van der Waals surface area contributed by atoms with Crippen LogP contribution in [-0.2, 0) is 0 Å². The van der Waals surface area contributed by atoms with Crippen molar-refractivity contribution < 1.29 is 9.47 Å². The molecule has 7 nitrogen and oxygen atoms in total. The van der Waals surface area contributed by atoms with E-state index in [0.29, 0.717) is 17.6 Å². The molecule has 0 aliphatic heterocycles. The van der Waals surface area contributed by atoms with E-state index in [1.807, 2.05) is 38.4 Å². The summed E-state index contributed by atoms with van der Waals surface area (Å²) in [5, 5.41) is 6.67. The number of hydrogen-bond acceptors (Lipinski definition) is 7. The van der Waals surface area contributed by atoms with Crippen molar-refractivity contribution in [2.75, 3.05) is 52.0 Å². The molecule has 0 atom stereocenters. The second-order valence-corrected chi connectivity index (χ2v) is 6.70. The number of nitrogens with one attached hydrogen (secondary N) is 2. The molecule has 1 heterocycles. The molecule has 0 radical (unpaired) electrons. The van der Waals surface area contributed by atoms with Crippen LogP contribution < -0.4 is 20.1 Å². The van der Waals surface area contributed by atoms with E-state index in [-0.39, 0.29) is 0 Å². The van der Waals surface area contributed by atoms with Gasteiger partial charge in [-0.15, -0.1) is 0 Å². The molecule has 1 aromatic carbocycles. The lowest BCUT2D eigenvalue weighted by atomic mass is 10.2. The third-order valence-corrected chi connectivity index (χ3v) is 4.26. The van der Waals surface area contributed by atoms with E-state index in [9.17, 15) is 0 Å². The van der Waals surface area contributed by atoms with E-state index >= 15 is 0 Å². The smallest absolute Gasteiger partial charge is 0.224 e. The van der Waals surface area contributed by atoms with Crippen LogP contribution in [0.1, 0.15) is 24.5 Å². The van der Waals surface area contributed by atoms with E-state index in [1.54, 1.807) is 14.2 Å². The molecule has 0 unspecified atom stereocenters. The van der Waals surface area contributed by atoms with Crippen LogP contribution in [0.15, 0.2) is 24.3 Å². The molecule has 26 heavy (non-hydrogen) atoms. The summed E-state index contributed by atoms with van der Waals surface area (Å²) in [6.45, 7) is 1.72. The molecule has 0 saturated heterocycles. The number of likely N-dealkylation sites (N-methyl/N-ethyl adjacent to an activating group) is 1. The molecule has 1 saturated carbocycles. The van der Waals surface area contributed by atoms with E-state index in [1.165, 1.54) is 12.8 Å². The highest BCUT2D eigenvalue weighted by Crippen LogP contribution is 2.40. The Labute approximate surface area is 154 Å². The fraction of sp³-hybridized carbons (Fsp3) is 0.474. The molecule has 3 rings (SSSR count). The molecule has 7 heteroatoms. The molecule has 1 aliphatic carbocycles. The van der Waals surface area contributed by atoms with Gasteiger partial charge in [-0.2, -0.15) is 4.98 Å². The Hall–Kier alpha value is -2.54. The van der Waals surface area contributed by atoms with Crippen molar-refractivity contribution in [3.63, 3.8) is 0 Å². The molecule has 0 bridgehead atoms. The summed E-state index contributed by atoms with van der Waals surface area (Å²) >= 11 is 0. The molecule has 1 aromatic heterocycles. The van der Waals surface area contributed by atoms with E-state index in [4.69, 9.17) is 9.47 Å². The van der Waals surface area contributed by atoms with Gasteiger partial charge < -0.3 is 25.0 Å². The van der Waals surface area contributed by atoms with Crippen LogP contribution in [0.4, 0.5) is 17.5 Å². The lowest BCUT2D eigenvalue weighted by Crippen LogP contribution is -2.21. The highest BCUT2D eigenvalue weighted by molar-refractivity contribution is 5.66. The van der Waals surface area contributed by atoms with Crippen molar-refractivity contribution in [3.05, 3.63) is 30.0 Å². The maximum absolute atomic E-state index is 5.46. The summed E-state index contributed by atoms with van der Waals surface area (Å²) < 4.78 is 10.7. The third-order valence-electron chi connectivity index (χ3n) is 4.26. The SMILES string of the molecule is COc1ccc(Nc2cc(C3CC3)nc(NCCN(C)C)n2)c(OC)c1. The minimum absolute atomic E-state index is 0.547. The first kappa shape index (κ1) is 18.3. The largest absolute Gasteiger partial charge is 0.497 e. The summed E-state index contributed by atoms with van der Waals surface area (Å²) in [6, 6.07) is 7.69. The van der Waals surface area contributed by atoms with Gasteiger partial charge in [0.15, 0.2) is 0 Å². The highest BCUT2D eigenvalue weighted by Gasteiger charge is 2.26. The van der Waals surface area contributed by atoms with Crippen LogP contribution in [0.3, 0.4) is 0 Å². The standard InChI is InChI=1S/C19H27N5O2/c1-24(2)10-9-20-19-22-16(13-5-6-13)12-18(23-19)21-15-8-7-14(25-3)11-17(15)26-4/h7-8,11-13H,5-6,9-10H2,1-4H3,(H2,20,21,22,23). The van der Waals surface area contributed by atoms with Gasteiger partial charge in [0.05, 0.1) is 25.6 Å². The van der Waals surface area contributed by atoms with Gasteiger partial charge in [0.2, 0.25) is 5.95 Å². The third kappa shape index (κ3) is 4.76. The van der Waals surface area contributed by atoms with Gasteiger partial charge in [-0.1, -0.05) is 0 Å². The Kier molecular flexibility index (Phi) is 5.78. The fourth-order valence-corrected chi connectivity index (χ4v) is 2.63. The first-order chi connectivity index (χ1) is 12.6. The number of benzene rings is 1. The Balaban J connectivity index is 1.81. The molecule has 2 aromatic rings.